The molecular formula is C25H30N2O5. The third-order valence-corrected chi connectivity index (χ3v) is 5.63. The number of para-hydroxylation sites is 2. The third-order valence-electron chi connectivity index (χ3n) is 5.63. The van der Waals surface area contributed by atoms with Crippen LogP contribution in [0.5, 0.6) is 11.5 Å². The predicted octanol–water partition coefficient (Wildman–Crippen LogP) is 3.28. The van der Waals surface area contributed by atoms with Gasteiger partial charge in [0.1, 0.15) is 11.5 Å². The highest BCUT2D eigenvalue weighted by molar-refractivity contribution is 6.03. The molecule has 0 radical (unpaired) electrons. The summed E-state index contributed by atoms with van der Waals surface area (Å²) in [6.45, 7) is 6.76. The van der Waals surface area contributed by atoms with Crippen LogP contribution in [0, 0.1) is 5.92 Å². The summed E-state index contributed by atoms with van der Waals surface area (Å²) in [5.74, 6) is -1.59. The summed E-state index contributed by atoms with van der Waals surface area (Å²) in [5.41, 5.74) is 5.04. The van der Waals surface area contributed by atoms with Gasteiger partial charge in [0.2, 0.25) is 11.8 Å². The molecule has 1 aliphatic heterocycles. The largest absolute Gasteiger partial charge is 0.493 e. The maximum absolute atomic E-state index is 14.0. The second kappa shape index (κ2) is 9.53. The van der Waals surface area contributed by atoms with Crippen molar-refractivity contribution >= 4 is 17.8 Å². The Kier molecular flexibility index (Phi) is 6.99. The van der Waals surface area contributed by atoms with E-state index >= 15 is 0 Å². The Labute approximate surface area is 188 Å². The van der Waals surface area contributed by atoms with E-state index in [-0.39, 0.29) is 18.9 Å². The standard InChI is InChI=1S/C25H30N2O5/c1-16(2)14-25(27(18(4)28)23(29)17(3)26,24(30)32-19-10-6-5-7-11-19)21-15-31-22-13-9-8-12-20(21)22/h5-13,16-17,21H,14-15,26H2,1-4H3/t17-,21?,25+/m0/s1. The molecule has 0 aliphatic carbocycles. The van der Waals surface area contributed by atoms with Crippen molar-refractivity contribution < 1.29 is 23.9 Å². The van der Waals surface area contributed by atoms with E-state index in [1.807, 2.05) is 38.1 Å². The number of ether oxygens (including phenoxy) is 2. The number of amides is 2. The summed E-state index contributed by atoms with van der Waals surface area (Å²) in [7, 11) is 0. The summed E-state index contributed by atoms with van der Waals surface area (Å²) in [5, 5.41) is 0. The van der Waals surface area contributed by atoms with Crippen molar-refractivity contribution in [3.05, 3.63) is 60.2 Å². The Morgan fingerprint density at radius 2 is 1.72 bits per heavy atom. The smallest absolute Gasteiger partial charge is 0.338 e. The van der Waals surface area contributed by atoms with Crippen molar-refractivity contribution in [2.75, 3.05) is 6.61 Å². The minimum Gasteiger partial charge on any atom is -0.493 e. The lowest BCUT2D eigenvalue weighted by atomic mass is 9.73. The van der Waals surface area contributed by atoms with Crippen molar-refractivity contribution in [2.45, 2.75) is 51.6 Å². The molecule has 1 unspecified atom stereocenters. The quantitative estimate of drug-likeness (QED) is 0.526. The first-order chi connectivity index (χ1) is 15.2. The zero-order valence-corrected chi connectivity index (χ0v) is 18.9. The third kappa shape index (κ3) is 4.39. The molecule has 1 aliphatic rings. The first-order valence-corrected chi connectivity index (χ1v) is 10.8. The van der Waals surface area contributed by atoms with E-state index < -0.39 is 35.3 Å². The molecule has 2 N–H and O–H groups in total. The number of fused-ring (bicyclic) bond motifs is 1. The molecule has 1 heterocycles. The van der Waals surface area contributed by atoms with Gasteiger partial charge >= 0.3 is 5.97 Å². The lowest BCUT2D eigenvalue weighted by Gasteiger charge is -2.45. The summed E-state index contributed by atoms with van der Waals surface area (Å²) in [6, 6.07) is 15.0. The van der Waals surface area contributed by atoms with Gasteiger partial charge in [-0.25, -0.2) is 4.79 Å². The van der Waals surface area contributed by atoms with Crippen LogP contribution in [0.3, 0.4) is 0 Å². The van der Waals surface area contributed by atoms with Gasteiger partial charge in [0.25, 0.3) is 0 Å². The number of hydrogen-bond donors (Lipinski definition) is 1. The predicted molar refractivity (Wildman–Crippen MR) is 120 cm³/mol. The molecule has 7 heteroatoms. The molecular weight excluding hydrogens is 408 g/mol. The molecule has 0 aromatic heterocycles. The van der Waals surface area contributed by atoms with Crippen LogP contribution in [0.25, 0.3) is 0 Å². The second-order valence-electron chi connectivity index (χ2n) is 8.61. The summed E-state index contributed by atoms with van der Waals surface area (Å²) in [4.78, 5) is 41.2. The number of hydrogen-bond acceptors (Lipinski definition) is 6. The van der Waals surface area contributed by atoms with Crippen LogP contribution in [-0.4, -0.2) is 40.9 Å². The summed E-state index contributed by atoms with van der Waals surface area (Å²) in [6.07, 6.45) is 0.194. The summed E-state index contributed by atoms with van der Waals surface area (Å²) < 4.78 is 11.7. The molecule has 2 aromatic rings. The fourth-order valence-electron chi connectivity index (χ4n) is 4.41. The monoisotopic (exact) mass is 438 g/mol. The van der Waals surface area contributed by atoms with Crippen LogP contribution in [-0.2, 0) is 14.4 Å². The number of esters is 1. The maximum Gasteiger partial charge on any atom is 0.338 e. The Hall–Kier alpha value is -3.19. The van der Waals surface area contributed by atoms with E-state index in [0.29, 0.717) is 11.5 Å². The van der Waals surface area contributed by atoms with Crippen molar-refractivity contribution in [1.29, 1.82) is 0 Å². The molecule has 7 nitrogen and oxygen atoms in total. The minimum absolute atomic E-state index is 0.0474. The Balaban J connectivity index is 2.24. The zero-order valence-electron chi connectivity index (χ0n) is 18.9. The molecule has 2 amide bonds. The van der Waals surface area contributed by atoms with Gasteiger partial charge in [-0.15, -0.1) is 0 Å². The van der Waals surface area contributed by atoms with Crippen LogP contribution >= 0.6 is 0 Å². The van der Waals surface area contributed by atoms with E-state index in [0.717, 1.165) is 10.5 Å². The van der Waals surface area contributed by atoms with Crippen LogP contribution in [0.15, 0.2) is 54.6 Å². The van der Waals surface area contributed by atoms with E-state index in [1.165, 1.54) is 13.8 Å². The fourth-order valence-corrected chi connectivity index (χ4v) is 4.41. The van der Waals surface area contributed by atoms with E-state index in [2.05, 4.69) is 0 Å². The molecule has 32 heavy (non-hydrogen) atoms. The normalized spacial score (nSPS) is 17.6. The molecule has 0 saturated carbocycles. The topological polar surface area (TPSA) is 98.9 Å². The highest BCUT2D eigenvalue weighted by Gasteiger charge is 2.58. The molecule has 0 saturated heterocycles. The average Bonchev–Trinajstić information content (AvgIpc) is 3.17. The van der Waals surface area contributed by atoms with Gasteiger partial charge in [-0.05, 0) is 37.5 Å². The number of carbonyl (C=O) groups is 3. The molecule has 170 valence electrons. The molecule has 3 rings (SSSR count). The Bertz CT molecular complexity index is 989. The zero-order chi connectivity index (χ0) is 23.5. The average molecular weight is 439 g/mol. The minimum atomic E-state index is -1.63. The molecule has 0 bridgehead atoms. The van der Waals surface area contributed by atoms with E-state index in [1.54, 1.807) is 30.3 Å². The van der Waals surface area contributed by atoms with Crippen LogP contribution in [0.4, 0.5) is 0 Å². The number of rotatable bonds is 7. The van der Waals surface area contributed by atoms with Gasteiger partial charge < -0.3 is 15.2 Å². The van der Waals surface area contributed by atoms with Crippen molar-refractivity contribution in [3.63, 3.8) is 0 Å². The molecule has 0 spiro atoms. The molecule has 3 atom stereocenters. The highest BCUT2D eigenvalue weighted by Crippen LogP contribution is 2.47. The lowest BCUT2D eigenvalue weighted by Crippen LogP contribution is -2.66. The molecule has 2 aromatic carbocycles. The van der Waals surface area contributed by atoms with Crippen molar-refractivity contribution in [1.82, 2.24) is 4.90 Å². The maximum atomic E-state index is 14.0. The van der Waals surface area contributed by atoms with Crippen molar-refractivity contribution in [3.8, 4) is 11.5 Å². The van der Waals surface area contributed by atoms with Gasteiger partial charge in [0.05, 0.1) is 18.6 Å². The van der Waals surface area contributed by atoms with Crippen molar-refractivity contribution in [2.24, 2.45) is 11.7 Å². The number of nitrogens with two attached hydrogens (primary N) is 1. The number of nitrogens with zero attached hydrogens (tertiary/aromatic N) is 1. The number of benzene rings is 2. The van der Waals surface area contributed by atoms with E-state index in [9.17, 15) is 14.4 Å². The van der Waals surface area contributed by atoms with E-state index in [4.69, 9.17) is 15.2 Å². The van der Waals surface area contributed by atoms with Crippen LogP contribution in [0.1, 0.15) is 45.6 Å². The number of imide groups is 1. The van der Waals surface area contributed by atoms with Crippen LogP contribution < -0.4 is 15.2 Å². The SMILES string of the molecule is CC(=O)N(C(=O)[C@H](C)N)[C@@](CC(C)C)(C(=O)Oc1ccccc1)C1COc2ccccc21. The number of carbonyl (C=O) groups excluding carboxylic acids is 3. The second-order valence-corrected chi connectivity index (χ2v) is 8.61. The van der Waals surface area contributed by atoms with Gasteiger partial charge in [-0.2, -0.15) is 0 Å². The fraction of sp³-hybridized carbons (Fsp3) is 0.400. The Morgan fingerprint density at radius 3 is 2.31 bits per heavy atom. The van der Waals surface area contributed by atoms with Gasteiger partial charge in [0.15, 0.2) is 5.54 Å². The highest BCUT2D eigenvalue weighted by atomic mass is 16.5. The summed E-state index contributed by atoms with van der Waals surface area (Å²) >= 11 is 0. The van der Waals surface area contributed by atoms with Crippen LogP contribution in [0.2, 0.25) is 0 Å². The van der Waals surface area contributed by atoms with Gasteiger partial charge in [-0.3, -0.25) is 14.5 Å². The molecule has 0 fully saturated rings. The lowest BCUT2D eigenvalue weighted by molar-refractivity contribution is -0.168. The van der Waals surface area contributed by atoms with Gasteiger partial charge in [-0.1, -0.05) is 50.2 Å². The Morgan fingerprint density at radius 1 is 1.09 bits per heavy atom. The first kappa shape index (κ1) is 23.5. The first-order valence-electron chi connectivity index (χ1n) is 10.8. The van der Waals surface area contributed by atoms with Gasteiger partial charge in [0, 0.05) is 12.5 Å².